The minimum absolute atomic E-state index is 0. The summed E-state index contributed by atoms with van der Waals surface area (Å²) in [4.78, 5) is 0. The third-order valence-corrected chi connectivity index (χ3v) is 6.38. The van der Waals surface area contributed by atoms with Crippen LogP contribution in [0.25, 0.3) is 0 Å². The second-order valence-electron chi connectivity index (χ2n) is 8.60. The van der Waals surface area contributed by atoms with Crippen LogP contribution in [0.4, 0.5) is 0 Å². The fourth-order valence-corrected chi connectivity index (χ4v) is 4.09. The third kappa shape index (κ3) is 6.74. The lowest BCUT2D eigenvalue weighted by molar-refractivity contribution is 0.0154. The van der Waals surface area contributed by atoms with Crippen molar-refractivity contribution in [3.63, 3.8) is 0 Å². The molecule has 2 atom stereocenters. The average Bonchev–Trinajstić information content (AvgIpc) is 3.16. The fourth-order valence-electron chi connectivity index (χ4n) is 4.09. The number of hydrogen-bond donors (Lipinski definition) is 0. The van der Waals surface area contributed by atoms with Gasteiger partial charge in [-0.25, -0.2) is 0 Å². The quantitative estimate of drug-likeness (QED) is 0.439. The Labute approximate surface area is 135 Å². The summed E-state index contributed by atoms with van der Waals surface area (Å²) in [7, 11) is 0. The molecule has 2 unspecified atom stereocenters. The molecule has 0 aromatic heterocycles. The van der Waals surface area contributed by atoms with E-state index in [0.29, 0.717) is 0 Å². The molecular formula is C21H42. The second-order valence-corrected chi connectivity index (χ2v) is 8.60. The molecule has 0 heterocycles. The normalized spacial score (nSPS) is 37.7. The van der Waals surface area contributed by atoms with Crippen molar-refractivity contribution in [2.45, 2.75) is 99.3 Å². The highest BCUT2D eigenvalue weighted by Gasteiger charge is 2.41. The first-order chi connectivity index (χ1) is 9.56. The van der Waals surface area contributed by atoms with Gasteiger partial charge in [-0.15, -0.1) is 0 Å². The van der Waals surface area contributed by atoms with Gasteiger partial charge < -0.3 is 0 Å². The minimum Gasteiger partial charge on any atom is -0.0776 e. The number of rotatable bonds is 0. The van der Waals surface area contributed by atoms with Crippen LogP contribution in [0.3, 0.4) is 0 Å². The van der Waals surface area contributed by atoms with Gasteiger partial charge in [0.1, 0.15) is 0 Å². The molecule has 0 nitrogen and oxygen atoms in total. The van der Waals surface area contributed by atoms with Crippen LogP contribution in [0.5, 0.6) is 0 Å². The molecule has 0 aliphatic heterocycles. The maximum atomic E-state index is 2.44. The molecule has 0 N–H and O–H groups in total. The summed E-state index contributed by atoms with van der Waals surface area (Å²) in [6, 6.07) is 0. The Morgan fingerprint density at radius 2 is 1.14 bits per heavy atom. The lowest BCUT2D eigenvalue weighted by Gasteiger charge is -2.49. The zero-order valence-electron chi connectivity index (χ0n) is 14.5. The molecule has 5 saturated carbocycles. The Hall–Kier alpha value is 0. The maximum absolute atomic E-state index is 2.44. The van der Waals surface area contributed by atoms with E-state index in [4.69, 9.17) is 0 Å². The van der Waals surface area contributed by atoms with Crippen LogP contribution in [0.15, 0.2) is 0 Å². The van der Waals surface area contributed by atoms with Crippen LogP contribution < -0.4 is 0 Å². The van der Waals surface area contributed by atoms with Crippen molar-refractivity contribution in [1.82, 2.24) is 0 Å². The molecule has 2 bridgehead atoms. The molecule has 0 aromatic carbocycles. The van der Waals surface area contributed by atoms with E-state index in [1.165, 1.54) is 51.4 Å². The molecule has 0 radical (unpaired) electrons. The van der Waals surface area contributed by atoms with Gasteiger partial charge >= 0.3 is 0 Å². The van der Waals surface area contributed by atoms with Crippen molar-refractivity contribution in [2.75, 3.05) is 0 Å². The van der Waals surface area contributed by atoms with Crippen molar-refractivity contribution in [3.05, 3.63) is 0 Å². The first kappa shape index (κ1) is 19.0. The van der Waals surface area contributed by atoms with Crippen molar-refractivity contribution in [3.8, 4) is 0 Å². The summed E-state index contributed by atoms with van der Waals surface area (Å²) >= 11 is 0. The van der Waals surface area contributed by atoms with Crippen LogP contribution >= 0.6 is 0 Å². The van der Waals surface area contributed by atoms with Gasteiger partial charge in [-0.3, -0.25) is 0 Å². The second kappa shape index (κ2) is 9.21. The minimum atomic E-state index is 0. The Morgan fingerprint density at radius 1 is 0.619 bits per heavy atom. The predicted octanol–water partition coefficient (Wildman–Crippen LogP) is 7.33. The highest BCUT2D eigenvalue weighted by molar-refractivity contribution is 4.91. The van der Waals surface area contributed by atoms with Gasteiger partial charge in [0.2, 0.25) is 0 Å². The maximum Gasteiger partial charge on any atom is -0.0381 e. The van der Waals surface area contributed by atoms with E-state index in [2.05, 4.69) is 27.7 Å². The monoisotopic (exact) mass is 294 g/mol. The van der Waals surface area contributed by atoms with Crippen LogP contribution in [-0.4, -0.2) is 0 Å². The molecule has 5 aliphatic carbocycles. The lowest BCUT2D eigenvalue weighted by Crippen LogP contribution is -2.39. The molecule has 0 spiro atoms. The Balaban J connectivity index is 0.000000165. The Morgan fingerprint density at radius 3 is 1.38 bits per heavy atom. The van der Waals surface area contributed by atoms with Crippen LogP contribution in [0.1, 0.15) is 99.3 Å². The van der Waals surface area contributed by atoms with Gasteiger partial charge in [-0.05, 0) is 54.8 Å². The molecule has 0 heteroatoms. The van der Waals surface area contributed by atoms with Gasteiger partial charge in [-0.2, -0.15) is 0 Å². The van der Waals surface area contributed by atoms with E-state index >= 15 is 0 Å². The van der Waals surface area contributed by atoms with E-state index in [1.807, 2.05) is 0 Å². The van der Waals surface area contributed by atoms with Gasteiger partial charge in [-0.1, -0.05) is 80.1 Å². The van der Waals surface area contributed by atoms with Crippen molar-refractivity contribution in [2.24, 2.45) is 35.5 Å². The highest BCUT2D eigenvalue weighted by Crippen LogP contribution is 2.51. The lowest BCUT2D eigenvalue weighted by atomic mass is 9.57. The largest absolute Gasteiger partial charge is 0.0776 e. The van der Waals surface area contributed by atoms with Gasteiger partial charge in [0.05, 0.1) is 0 Å². The van der Waals surface area contributed by atoms with Gasteiger partial charge in [0.25, 0.3) is 0 Å². The smallest absolute Gasteiger partial charge is 0.0381 e. The van der Waals surface area contributed by atoms with Crippen molar-refractivity contribution < 1.29 is 0 Å². The summed E-state index contributed by atoms with van der Waals surface area (Å²) in [5, 5.41) is 0. The van der Waals surface area contributed by atoms with E-state index in [0.717, 1.165) is 35.5 Å². The fraction of sp³-hybridized carbons (Fsp3) is 1.00. The van der Waals surface area contributed by atoms with E-state index in [-0.39, 0.29) is 7.43 Å². The summed E-state index contributed by atoms with van der Waals surface area (Å²) in [5.74, 6) is 6.45. The molecule has 0 amide bonds. The summed E-state index contributed by atoms with van der Waals surface area (Å²) in [6.45, 7) is 9.49. The predicted molar refractivity (Wildman–Crippen MR) is 96.5 cm³/mol. The van der Waals surface area contributed by atoms with Crippen molar-refractivity contribution in [1.29, 1.82) is 0 Å². The molecule has 5 fully saturated rings. The zero-order chi connectivity index (χ0) is 14.5. The molecule has 126 valence electrons. The summed E-state index contributed by atoms with van der Waals surface area (Å²) < 4.78 is 0. The number of hydrogen-bond acceptors (Lipinski definition) is 0. The molecule has 0 aromatic rings. The third-order valence-electron chi connectivity index (χ3n) is 6.38. The molecule has 5 aliphatic rings. The average molecular weight is 295 g/mol. The van der Waals surface area contributed by atoms with Gasteiger partial charge in [0.15, 0.2) is 0 Å². The van der Waals surface area contributed by atoms with E-state index in [1.54, 1.807) is 12.8 Å². The van der Waals surface area contributed by atoms with Gasteiger partial charge in [0, 0.05) is 0 Å². The molecule has 0 saturated heterocycles. The topological polar surface area (TPSA) is 0 Å². The van der Waals surface area contributed by atoms with Crippen LogP contribution in [0, 0.1) is 35.5 Å². The van der Waals surface area contributed by atoms with Crippen LogP contribution in [0.2, 0.25) is 0 Å². The summed E-state index contributed by atoms with van der Waals surface area (Å²) in [6.07, 6.45) is 15.1. The highest BCUT2D eigenvalue weighted by atomic mass is 14.5. The summed E-state index contributed by atoms with van der Waals surface area (Å²) in [5.41, 5.74) is 0. The van der Waals surface area contributed by atoms with Crippen LogP contribution in [-0.2, 0) is 0 Å². The Bertz CT molecular complexity index is 251. The zero-order valence-corrected chi connectivity index (χ0v) is 14.5. The standard InChI is InChI=1S/C9H16.C7H14.C4H8.CH4/c1-6-3-8-4-9(5-8)7(6)2;1-7-5-3-2-4-6-7;1-4-2-3-4;/h6-9H,3-5H2,1-2H3;7H,2-6H2,1H3;4H,2-3H2,1H3;1H4. The Kier molecular flexibility index (Phi) is 8.35. The first-order valence-corrected chi connectivity index (χ1v) is 9.56. The molecule has 21 heavy (non-hydrogen) atoms. The molecule has 5 rings (SSSR count). The van der Waals surface area contributed by atoms with Crippen molar-refractivity contribution >= 4 is 0 Å². The molecular weight excluding hydrogens is 252 g/mol. The SMILES string of the molecule is C.CC1CC1.CC1CC2CC(C2)C1C.CC1CCCCC1. The van der Waals surface area contributed by atoms with E-state index < -0.39 is 0 Å². The first-order valence-electron chi connectivity index (χ1n) is 9.56. The van der Waals surface area contributed by atoms with E-state index in [9.17, 15) is 0 Å². The number of fused-ring (bicyclic) bond motifs is 2.